The molecule has 4 nitrogen and oxygen atoms in total. The fourth-order valence-electron chi connectivity index (χ4n) is 0.886. The Labute approximate surface area is 80.5 Å². The molecule has 1 aromatic heterocycles. The lowest BCUT2D eigenvalue weighted by molar-refractivity contribution is -0.392. The van der Waals surface area contributed by atoms with Gasteiger partial charge in [-0.15, -0.1) is 0 Å². The Hall–Kier alpha value is -1.44. The molecule has 0 atom stereocenters. The molecule has 8 heteroatoms. The van der Waals surface area contributed by atoms with Crippen molar-refractivity contribution >= 4 is 18.0 Å². The van der Waals surface area contributed by atoms with Gasteiger partial charge in [-0.3, -0.25) is 0 Å². The second-order valence-corrected chi connectivity index (χ2v) is 2.76. The van der Waals surface area contributed by atoms with Crippen LogP contribution in [0.4, 0.5) is 19.0 Å². The number of H-pyrrole nitrogens is 1. The summed E-state index contributed by atoms with van der Waals surface area (Å²) in [5, 5.41) is 10.2. The van der Waals surface area contributed by atoms with Crippen LogP contribution in [0.25, 0.3) is 0 Å². The van der Waals surface area contributed by atoms with E-state index in [-0.39, 0.29) is 0 Å². The number of nitro groups is 1. The zero-order valence-corrected chi connectivity index (χ0v) is 7.28. The second-order valence-electron chi connectivity index (χ2n) is 2.32. The Morgan fingerprint density at radius 2 is 2.07 bits per heavy atom. The Bertz CT molecular complexity index is 426. The first-order valence-electron chi connectivity index (χ1n) is 3.27. The fraction of sp³-hybridized carbons (Fsp3) is 0.167. The first-order chi connectivity index (χ1) is 6.34. The van der Waals surface area contributed by atoms with Crippen molar-refractivity contribution in [1.29, 1.82) is 0 Å². The lowest BCUT2D eigenvalue weighted by atomic mass is 10.2. The van der Waals surface area contributed by atoms with Crippen molar-refractivity contribution in [2.75, 3.05) is 0 Å². The predicted octanol–water partition coefficient (Wildman–Crippen LogP) is 2.67. The monoisotopic (exact) mass is 224 g/mol. The van der Waals surface area contributed by atoms with Crippen LogP contribution in [0.15, 0.2) is 12.3 Å². The van der Waals surface area contributed by atoms with E-state index in [1.807, 2.05) is 4.98 Å². The highest BCUT2D eigenvalue weighted by molar-refractivity contribution is 7.71. The molecule has 0 saturated heterocycles. The van der Waals surface area contributed by atoms with Crippen LogP contribution in [0.1, 0.15) is 5.56 Å². The van der Waals surface area contributed by atoms with Crippen LogP contribution < -0.4 is 0 Å². The standard InChI is InChI=1S/C6H3F3N2O2S/c7-6(8,9)4-3(14)1-2-10-5(4)11(12)13/h1-2H,(H,10,14). The van der Waals surface area contributed by atoms with Gasteiger partial charge < -0.3 is 10.1 Å². The van der Waals surface area contributed by atoms with Gasteiger partial charge in [0.05, 0.1) is 10.7 Å². The van der Waals surface area contributed by atoms with E-state index < -0.39 is 27.0 Å². The van der Waals surface area contributed by atoms with Gasteiger partial charge in [0.15, 0.2) is 5.56 Å². The number of nitrogens with one attached hydrogen (secondary N) is 1. The van der Waals surface area contributed by atoms with Gasteiger partial charge in [-0.05, 0) is 11.0 Å². The van der Waals surface area contributed by atoms with E-state index in [1.54, 1.807) is 0 Å². The molecule has 1 aromatic rings. The minimum absolute atomic E-state index is 0.594. The van der Waals surface area contributed by atoms with Gasteiger partial charge in [0.1, 0.15) is 0 Å². The number of aromatic nitrogens is 1. The quantitative estimate of drug-likeness (QED) is 0.453. The third-order valence-corrected chi connectivity index (χ3v) is 1.74. The van der Waals surface area contributed by atoms with Gasteiger partial charge in [-0.25, -0.2) is 4.98 Å². The number of halogens is 3. The number of nitrogens with zero attached hydrogens (tertiary/aromatic N) is 1. The van der Waals surface area contributed by atoms with Crippen molar-refractivity contribution in [2.24, 2.45) is 0 Å². The lowest BCUT2D eigenvalue weighted by Gasteiger charge is -2.06. The molecule has 76 valence electrons. The Morgan fingerprint density at radius 1 is 1.50 bits per heavy atom. The van der Waals surface area contributed by atoms with E-state index >= 15 is 0 Å². The van der Waals surface area contributed by atoms with Crippen LogP contribution in [-0.2, 0) is 6.18 Å². The van der Waals surface area contributed by atoms with Crippen LogP contribution in [-0.4, -0.2) is 9.91 Å². The highest BCUT2D eigenvalue weighted by atomic mass is 32.1. The third-order valence-electron chi connectivity index (χ3n) is 1.40. The number of pyridine rings is 1. The Balaban J connectivity index is 3.54. The molecule has 0 bridgehead atoms. The van der Waals surface area contributed by atoms with Gasteiger partial charge in [0.25, 0.3) is 0 Å². The maximum absolute atomic E-state index is 12.3. The van der Waals surface area contributed by atoms with E-state index in [2.05, 4.69) is 12.2 Å². The summed E-state index contributed by atoms with van der Waals surface area (Å²) in [5.74, 6) is -1.13. The molecule has 0 aromatic carbocycles. The molecule has 0 aliphatic rings. The van der Waals surface area contributed by atoms with Crippen molar-refractivity contribution in [3.05, 3.63) is 32.5 Å². The first kappa shape index (κ1) is 10.6. The van der Waals surface area contributed by atoms with Crippen molar-refractivity contribution in [3.63, 3.8) is 0 Å². The van der Waals surface area contributed by atoms with Crippen molar-refractivity contribution in [1.82, 2.24) is 4.98 Å². The van der Waals surface area contributed by atoms with Crippen molar-refractivity contribution < 1.29 is 18.1 Å². The smallest absolute Gasteiger partial charge is 0.358 e. The molecule has 1 rings (SSSR count). The molecule has 0 saturated carbocycles. The van der Waals surface area contributed by atoms with E-state index in [9.17, 15) is 23.3 Å². The van der Waals surface area contributed by atoms with Crippen molar-refractivity contribution in [3.8, 4) is 0 Å². The average Bonchev–Trinajstić information content (AvgIpc) is 2.01. The maximum Gasteiger partial charge on any atom is 0.425 e. The SMILES string of the molecule is O=[N+]([O-])c1[nH]ccc(=S)c1C(F)(F)F. The summed E-state index contributed by atoms with van der Waals surface area (Å²) < 4.78 is 36.2. The largest absolute Gasteiger partial charge is 0.425 e. The van der Waals surface area contributed by atoms with E-state index in [4.69, 9.17) is 0 Å². The first-order valence-corrected chi connectivity index (χ1v) is 3.68. The summed E-state index contributed by atoms with van der Waals surface area (Å²) in [7, 11) is 0. The molecule has 0 aliphatic carbocycles. The van der Waals surface area contributed by atoms with Crippen molar-refractivity contribution in [2.45, 2.75) is 6.18 Å². The Kier molecular flexibility index (Phi) is 2.56. The molecule has 1 heterocycles. The molecule has 0 spiro atoms. The van der Waals surface area contributed by atoms with Gasteiger partial charge in [0, 0.05) is 0 Å². The number of rotatable bonds is 1. The maximum atomic E-state index is 12.3. The summed E-state index contributed by atoms with van der Waals surface area (Å²) in [4.78, 5) is 11.0. The number of hydrogen-bond acceptors (Lipinski definition) is 3. The lowest BCUT2D eigenvalue weighted by Crippen LogP contribution is -2.10. The summed E-state index contributed by atoms with van der Waals surface area (Å²) in [6, 6.07) is 0.950. The molecule has 1 N–H and O–H groups in total. The van der Waals surface area contributed by atoms with E-state index in [1.165, 1.54) is 0 Å². The average molecular weight is 224 g/mol. The van der Waals surface area contributed by atoms with Crippen LogP contribution in [0.5, 0.6) is 0 Å². The molecule has 0 aliphatic heterocycles. The zero-order valence-electron chi connectivity index (χ0n) is 6.46. The molecule has 0 radical (unpaired) electrons. The zero-order chi connectivity index (χ0) is 10.9. The van der Waals surface area contributed by atoms with Gasteiger partial charge in [0.2, 0.25) is 0 Å². The summed E-state index contributed by atoms with van der Waals surface area (Å²) >= 11 is 4.36. The number of alkyl halides is 3. The van der Waals surface area contributed by atoms with Gasteiger partial charge >= 0.3 is 12.0 Å². The number of aromatic amines is 1. The minimum atomic E-state index is -4.82. The summed E-state index contributed by atoms with van der Waals surface area (Å²) in [6.07, 6.45) is -3.83. The molecular weight excluding hydrogens is 221 g/mol. The van der Waals surface area contributed by atoms with Crippen LogP contribution in [0, 0.1) is 14.6 Å². The number of hydrogen-bond donors (Lipinski definition) is 1. The third kappa shape index (κ3) is 1.90. The van der Waals surface area contributed by atoms with Crippen LogP contribution in [0.2, 0.25) is 0 Å². The summed E-state index contributed by atoms with van der Waals surface area (Å²) in [6.45, 7) is 0. The predicted molar refractivity (Wildman–Crippen MR) is 43.3 cm³/mol. The second kappa shape index (κ2) is 3.37. The van der Waals surface area contributed by atoms with Crippen LogP contribution in [0.3, 0.4) is 0 Å². The van der Waals surface area contributed by atoms with Gasteiger partial charge in [-0.1, -0.05) is 12.2 Å². The topological polar surface area (TPSA) is 58.9 Å². The Morgan fingerprint density at radius 3 is 2.43 bits per heavy atom. The normalized spacial score (nSPS) is 11.4. The fourth-order valence-corrected chi connectivity index (χ4v) is 1.17. The van der Waals surface area contributed by atoms with Crippen LogP contribution >= 0.6 is 12.2 Å². The highest BCUT2D eigenvalue weighted by Crippen LogP contribution is 2.35. The molecule has 0 unspecified atom stereocenters. The van der Waals surface area contributed by atoms with E-state index in [0.29, 0.717) is 0 Å². The molecule has 14 heavy (non-hydrogen) atoms. The molecule has 0 amide bonds. The molecular formula is C6H3F3N2O2S. The van der Waals surface area contributed by atoms with Gasteiger partial charge in [-0.2, -0.15) is 13.2 Å². The van der Waals surface area contributed by atoms with E-state index in [0.717, 1.165) is 12.3 Å². The highest BCUT2D eigenvalue weighted by Gasteiger charge is 2.39. The molecule has 0 fully saturated rings. The summed E-state index contributed by atoms with van der Waals surface area (Å²) in [5.41, 5.74) is -1.42. The minimum Gasteiger partial charge on any atom is -0.358 e.